The number of azo groups is 1. The molecular formula is C14H9F3N4O4. The molecule has 11 heteroatoms. The van der Waals surface area contributed by atoms with E-state index in [0.717, 1.165) is 6.07 Å². The molecule has 130 valence electrons. The second-order valence-electron chi connectivity index (χ2n) is 4.71. The molecule has 0 aliphatic carbocycles. The highest BCUT2D eigenvalue weighted by Crippen LogP contribution is 2.42. The minimum atomic E-state index is -5.26. The lowest BCUT2D eigenvalue weighted by Gasteiger charge is -2.12. The van der Waals surface area contributed by atoms with E-state index in [1.54, 1.807) is 0 Å². The van der Waals surface area contributed by atoms with Crippen LogP contribution in [0.4, 0.5) is 35.9 Å². The van der Waals surface area contributed by atoms with Gasteiger partial charge in [-0.25, -0.2) is 4.79 Å². The number of alkyl halides is 3. The van der Waals surface area contributed by atoms with Gasteiger partial charge in [-0.05, 0) is 30.3 Å². The van der Waals surface area contributed by atoms with Crippen molar-refractivity contribution >= 4 is 28.7 Å². The van der Waals surface area contributed by atoms with E-state index in [2.05, 4.69) is 10.2 Å². The summed E-state index contributed by atoms with van der Waals surface area (Å²) in [6, 6.07) is 7.07. The van der Waals surface area contributed by atoms with Gasteiger partial charge in [0.15, 0.2) is 0 Å². The van der Waals surface area contributed by atoms with E-state index in [4.69, 9.17) is 10.8 Å². The molecule has 2 rings (SSSR count). The molecule has 2 aromatic rings. The predicted molar refractivity (Wildman–Crippen MR) is 80.1 cm³/mol. The van der Waals surface area contributed by atoms with Gasteiger partial charge in [-0.3, -0.25) is 10.1 Å². The van der Waals surface area contributed by atoms with E-state index in [-0.39, 0.29) is 5.69 Å². The molecule has 8 nitrogen and oxygen atoms in total. The summed E-state index contributed by atoms with van der Waals surface area (Å²) in [5, 5.41) is 27.0. The third-order valence-corrected chi connectivity index (χ3v) is 3.02. The van der Waals surface area contributed by atoms with Gasteiger partial charge in [0.1, 0.15) is 16.8 Å². The highest BCUT2D eigenvalue weighted by Gasteiger charge is 2.44. The van der Waals surface area contributed by atoms with E-state index in [1.807, 2.05) is 0 Å². The summed E-state index contributed by atoms with van der Waals surface area (Å²) in [6.45, 7) is 0. The first-order valence-corrected chi connectivity index (χ1v) is 6.50. The molecule has 0 saturated carbocycles. The fraction of sp³-hybridized carbons (Fsp3) is 0.0714. The van der Waals surface area contributed by atoms with E-state index in [0.29, 0.717) is 11.8 Å². The molecular weight excluding hydrogens is 345 g/mol. The highest BCUT2D eigenvalue weighted by atomic mass is 19.4. The number of halogens is 3. The van der Waals surface area contributed by atoms with Crippen molar-refractivity contribution in [3.63, 3.8) is 0 Å². The van der Waals surface area contributed by atoms with Gasteiger partial charge in [0.2, 0.25) is 0 Å². The summed E-state index contributed by atoms with van der Waals surface area (Å²) in [5.41, 5.74) is 0.815. The number of hydrogen-bond acceptors (Lipinski definition) is 6. The molecule has 0 spiro atoms. The molecule has 0 unspecified atom stereocenters. The number of nitrogens with two attached hydrogens (primary N) is 1. The minimum absolute atomic E-state index is 0.206. The summed E-state index contributed by atoms with van der Waals surface area (Å²) >= 11 is 0. The van der Waals surface area contributed by atoms with Crippen molar-refractivity contribution in [2.75, 3.05) is 5.73 Å². The van der Waals surface area contributed by atoms with Gasteiger partial charge in [0, 0.05) is 11.8 Å². The Hall–Kier alpha value is -3.50. The standard InChI is InChI=1S/C14H9F3N4O4/c15-14(16,17)12-10(21(24)25)6-5-9(11(12)13(22)23)20-19-8-3-1-7(18)2-4-8/h1-6H,18H2,(H,22,23). The maximum atomic E-state index is 13.2. The van der Waals surface area contributed by atoms with Crippen LogP contribution >= 0.6 is 0 Å². The number of aromatic carboxylic acids is 1. The van der Waals surface area contributed by atoms with E-state index in [1.165, 1.54) is 24.3 Å². The van der Waals surface area contributed by atoms with Crippen molar-refractivity contribution in [2.24, 2.45) is 10.2 Å². The Labute approximate surface area is 137 Å². The number of nitrogen functional groups attached to an aromatic ring is 1. The summed E-state index contributed by atoms with van der Waals surface area (Å²) in [5.74, 6) is -2.01. The monoisotopic (exact) mass is 354 g/mol. The van der Waals surface area contributed by atoms with Crippen LogP contribution in [0.2, 0.25) is 0 Å². The molecule has 25 heavy (non-hydrogen) atoms. The molecule has 0 amide bonds. The number of benzene rings is 2. The first-order chi connectivity index (χ1) is 11.6. The number of hydrogen-bond donors (Lipinski definition) is 2. The molecule has 2 aromatic carbocycles. The van der Waals surface area contributed by atoms with Crippen molar-refractivity contribution in [1.82, 2.24) is 0 Å². The Morgan fingerprint density at radius 2 is 1.72 bits per heavy atom. The van der Waals surface area contributed by atoms with Crippen LogP contribution in [0.1, 0.15) is 15.9 Å². The normalized spacial score (nSPS) is 11.6. The number of anilines is 1. The quantitative estimate of drug-likeness (QED) is 0.365. The number of carboxylic acid groups (broad SMARTS) is 1. The smallest absolute Gasteiger partial charge is 0.423 e. The maximum absolute atomic E-state index is 13.2. The van der Waals surface area contributed by atoms with Crippen LogP contribution < -0.4 is 5.73 Å². The first kappa shape index (κ1) is 17.8. The molecule has 0 aromatic heterocycles. The van der Waals surface area contributed by atoms with Crippen molar-refractivity contribution < 1.29 is 28.0 Å². The van der Waals surface area contributed by atoms with Crippen LogP contribution in [-0.4, -0.2) is 16.0 Å². The van der Waals surface area contributed by atoms with Crippen LogP contribution in [0.25, 0.3) is 0 Å². The number of carbonyl (C=O) groups is 1. The topological polar surface area (TPSA) is 131 Å². The molecule has 0 bridgehead atoms. The Bertz CT molecular complexity index is 864. The average molecular weight is 354 g/mol. The zero-order valence-corrected chi connectivity index (χ0v) is 12.2. The summed E-state index contributed by atoms with van der Waals surface area (Å²) < 4.78 is 39.5. The van der Waals surface area contributed by atoms with Gasteiger partial charge in [0.05, 0.1) is 10.6 Å². The second-order valence-corrected chi connectivity index (χ2v) is 4.71. The lowest BCUT2D eigenvalue weighted by atomic mass is 10.0. The zero-order valence-electron chi connectivity index (χ0n) is 12.2. The molecule has 0 aliphatic rings. The largest absolute Gasteiger partial charge is 0.478 e. The van der Waals surface area contributed by atoms with Gasteiger partial charge in [-0.1, -0.05) is 0 Å². The van der Waals surface area contributed by atoms with Gasteiger partial charge >= 0.3 is 12.1 Å². The van der Waals surface area contributed by atoms with Gasteiger partial charge in [-0.2, -0.15) is 18.3 Å². The summed E-state index contributed by atoms with van der Waals surface area (Å²) in [6.07, 6.45) is -5.26. The second kappa shape index (κ2) is 6.55. The summed E-state index contributed by atoms with van der Waals surface area (Å²) in [7, 11) is 0. The van der Waals surface area contributed by atoms with Crippen LogP contribution in [0.3, 0.4) is 0 Å². The van der Waals surface area contributed by atoms with Gasteiger partial charge < -0.3 is 10.8 Å². The number of rotatable bonds is 4. The fourth-order valence-electron chi connectivity index (χ4n) is 1.97. The Balaban J connectivity index is 2.64. The van der Waals surface area contributed by atoms with Crippen molar-refractivity contribution in [3.8, 4) is 0 Å². The van der Waals surface area contributed by atoms with Gasteiger partial charge in [0.25, 0.3) is 5.69 Å². The van der Waals surface area contributed by atoms with Crippen molar-refractivity contribution in [3.05, 3.63) is 57.6 Å². The maximum Gasteiger partial charge on any atom is 0.423 e. The third kappa shape index (κ3) is 3.88. The lowest BCUT2D eigenvalue weighted by Crippen LogP contribution is -2.15. The van der Waals surface area contributed by atoms with Crippen molar-refractivity contribution in [2.45, 2.75) is 6.18 Å². The molecule has 0 aliphatic heterocycles. The molecule has 0 radical (unpaired) electrons. The van der Waals surface area contributed by atoms with Crippen LogP contribution in [0.15, 0.2) is 46.6 Å². The van der Waals surface area contributed by atoms with Crippen LogP contribution in [-0.2, 0) is 6.18 Å². The predicted octanol–water partition coefficient (Wildman–Crippen LogP) is 4.31. The molecule has 3 N–H and O–H groups in total. The van der Waals surface area contributed by atoms with Crippen LogP contribution in [0, 0.1) is 10.1 Å². The van der Waals surface area contributed by atoms with E-state index < -0.39 is 39.6 Å². The fourth-order valence-corrected chi connectivity index (χ4v) is 1.97. The van der Waals surface area contributed by atoms with Crippen molar-refractivity contribution in [1.29, 1.82) is 0 Å². The molecule has 0 saturated heterocycles. The van der Waals surface area contributed by atoms with Gasteiger partial charge in [-0.15, -0.1) is 5.11 Å². The third-order valence-electron chi connectivity index (χ3n) is 3.02. The lowest BCUT2D eigenvalue weighted by molar-refractivity contribution is -0.388. The number of carboxylic acids is 1. The number of nitrogens with zero attached hydrogens (tertiary/aromatic N) is 3. The SMILES string of the molecule is Nc1ccc(N=Nc2ccc([N+](=O)[O-])c(C(F)(F)F)c2C(=O)O)cc1. The minimum Gasteiger partial charge on any atom is -0.478 e. The zero-order chi connectivity index (χ0) is 18.8. The number of nitro groups is 1. The Morgan fingerprint density at radius 3 is 2.20 bits per heavy atom. The molecule has 0 fully saturated rings. The van der Waals surface area contributed by atoms with E-state index in [9.17, 15) is 28.1 Å². The molecule has 0 atom stereocenters. The number of nitro benzene ring substituents is 1. The average Bonchev–Trinajstić information content (AvgIpc) is 2.52. The molecule has 0 heterocycles. The Kier molecular flexibility index (Phi) is 4.68. The summed E-state index contributed by atoms with van der Waals surface area (Å²) in [4.78, 5) is 20.8. The van der Waals surface area contributed by atoms with Crippen LogP contribution in [0.5, 0.6) is 0 Å². The van der Waals surface area contributed by atoms with E-state index >= 15 is 0 Å². The first-order valence-electron chi connectivity index (χ1n) is 6.50. The Morgan fingerprint density at radius 1 is 1.12 bits per heavy atom. The highest BCUT2D eigenvalue weighted by molar-refractivity contribution is 5.96.